The van der Waals surface area contributed by atoms with Gasteiger partial charge in [0.05, 0.1) is 0 Å². The summed E-state index contributed by atoms with van der Waals surface area (Å²) < 4.78 is 0. The molecule has 0 radical (unpaired) electrons. The van der Waals surface area contributed by atoms with E-state index in [2.05, 4.69) is 52.6 Å². The normalized spacial score (nSPS) is 19.6. The molecule has 1 aliphatic carbocycles. The van der Waals surface area contributed by atoms with Crippen molar-refractivity contribution in [2.75, 3.05) is 18.5 Å². The Hall–Kier alpha value is -1.58. The molecule has 0 bridgehead atoms. The number of benzene rings is 1. The number of pyridine rings is 1. The quantitative estimate of drug-likeness (QED) is 0.908. The molecule has 1 aromatic carbocycles. The number of aromatic nitrogens is 1. The predicted molar refractivity (Wildman–Crippen MR) is 97.8 cm³/mol. The van der Waals surface area contributed by atoms with E-state index in [1.54, 1.807) is 0 Å². The minimum absolute atomic E-state index is 0. The lowest BCUT2D eigenvalue weighted by Crippen LogP contribution is -2.30. The molecule has 2 aliphatic rings. The van der Waals surface area contributed by atoms with Crippen LogP contribution in [0.5, 0.6) is 0 Å². The van der Waals surface area contributed by atoms with E-state index in [9.17, 15) is 0 Å². The molecule has 0 saturated heterocycles. The van der Waals surface area contributed by atoms with Crippen LogP contribution in [0.25, 0.3) is 0 Å². The number of hydrogen-bond acceptors (Lipinski definition) is 3. The molecule has 4 rings (SSSR count). The zero-order chi connectivity index (χ0) is 14.9. The van der Waals surface area contributed by atoms with Gasteiger partial charge in [-0.3, -0.25) is 4.98 Å². The van der Waals surface area contributed by atoms with E-state index in [-0.39, 0.29) is 12.4 Å². The fourth-order valence-electron chi connectivity index (χ4n) is 3.45. The van der Waals surface area contributed by atoms with Gasteiger partial charge < -0.3 is 10.2 Å². The van der Waals surface area contributed by atoms with Crippen LogP contribution in [0.15, 0.2) is 42.7 Å². The number of halogens is 1. The Morgan fingerprint density at radius 3 is 2.65 bits per heavy atom. The second-order valence-electron chi connectivity index (χ2n) is 6.58. The summed E-state index contributed by atoms with van der Waals surface area (Å²) in [5.74, 6) is 0.949. The molecule has 1 aromatic heterocycles. The Bertz CT molecular complexity index is 655. The number of rotatable bonds is 4. The maximum atomic E-state index is 4.11. The van der Waals surface area contributed by atoms with Crippen LogP contribution in [0.4, 0.5) is 11.4 Å². The van der Waals surface area contributed by atoms with E-state index in [4.69, 9.17) is 0 Å². The van der Waals surface area contributed by atoms with Crippen molar-refractivity contribution in [1.29, 1.82) is 0 Å². The molecular weight excluding hydrogens is 306 g/mol. The largest absolute Gasteiger partial charge is 0.345 e. The Kier molecular flexibility index (Phi) is 4.88. The third-order valence-electron chi connectivity index (χ3n) is 4.99. The highest BCUT2D eigenvalue weighted by Crippen LogP contribution is 2.40. The van der Waals surface area contributed by atoms with Gasteiger partial charge in [0.1, 0.15) is 0 Å². The zero-order valence-electron chi connectivity index (χ0n) is 13.5. The first-order valence-corrected chi connectivity index (χ1v) is 8.31. The van der Waals surface area contributed by atoms with Gasteiger partial charge in [0.25, 0.3) is 0 Å². The van der Waals surface area contributed by atoms with Crippen molar-refractivity contribution in [3.63, 3.8) is 0 Å². The fourth-order valence-corrected chi connectivity index (χ4v) is 3.45. The molecule has 0 spiro atoms. The SMILES string of the molecule is CN(c1ccncc1)c1ccc2c(c1)C(CC1CC1)NCC2.Cl. The minimum atomic E-state index is 0. The third-order valence-corrected chi connectivity index (χ3v) is 4.99. The van der Waals surface area contributed by atoms with Crippen LogP contribution in [0, 0.1) is 5.92 Å². The van der Waals surface area contributed by atoms with Crippen LogP contribution in [0.1, 0.15) is 36.4 Å². The molecule has 2 heterocycles. The number of fused-ring (bicyclic) bond motifs is 1. The lowest BCUT2D eigenvalue weighted by molar-refractivity contribution is 0.453. The molecule has 122 valence electrons. The summed E-state index contributed by atoms with van der Waals surface area (Å²) in [6.45, 7) is 1.12. The van der Waals surface area contributed by atoms with Gasteiger partial charge in [0.2, 0.25) is 0 Å². The van der Waals surface area contributed by atoms with Crippen LogP contribution in [-0.2, 0) is 6.42 Å². The van der Waals surface area contributed by atoms with Crippen molar-refractivity contribution >= 4 is 23.8 Å². The Labute approximate surface area is 144 Å². The molecule has 2 aromatic rings. The summed E-state index contributed by atoms with van der Waals surface area (Å²) >= 11 is 0. The van der Waals surface area contributed by atoms with Gasteiger partial charge in [0, 0.05) is 36.9 Å². The molecule has 23 heavy (non-hydrogen) atoms. The summed E-state index contributed by atoms with van der Waals surface area (Å²) in [5.41, 5.74) is 5.47. The molecule has 4 heteroatoms. The lowest BCUT2D eigenvalue weighted by Gasteiger charge is -2.29. The van der Waals surface area contributed by atoms with Crippen molar-refractivity contribution in [2.24, 2.45) is 5.92 Å². The van der Waals surface area contributed by atoms with Crippen LogP contribution >= 0.6 is 12.4 Å². The van der Waals surface area contributed by atoms with Crippen molar-refractivity contribution in [2.45, 2.75) is 31.7 Å². The summed E-state index contributed by atoms with van der Waals surface area (Å²) in [7, 11) is 2.13. The number of nitrogens with zero attached hydrogens (tertiary/aromatic N) is 2. The molecule has 0 amide bonds. The summed E-state index contributed by atoms with van der Waals surface area (Å²) in [4.78, 5) is 6.35. The second kappa shape index (κ2) is 6.90. The van der Waals surface area contributed by atoms with Crippen molar-refractivity contribution in [1.82, 2.24) is 10.3 Å². The van der Waals surface area contributed by atoms with Gasteiger partial charge in [-0.2, -0.15) is 0 Å². The molecule has 1 unspecified atom stereocenters. The van der Waals surface area contributed by atoms with E-state index in [0.29, 0.717) is 6.04 Å². The van der Waals surface area contributed by atoms with Gasteiger partial charge in [-0.25, -0.2) is 0 Å². The first-order chi connectivity index (χ1) is 10.8. The number of anilines is 2. The average molecular weight is 330 g/mol. The van der Waals surface area contributed by atoms with Gasteiger partial charge >= 0.3 is 0 Å². The van der Waals surface area contributed by atoms with Crippen LogP contribution in [0.3, 0.4) is 0 Å². The van der Waals surface area contributed by atoms with Crippen LogP contribution in [0.2, 0.25) is 0 Å². The average Bonchev–Trinajstić information content (AvgIpc) is 3.39. The number of nitrogens with one attached hydrogen (secondary N) is 1. The third kappa shape index (κ3) is 3.51. The highest BCUT2D eigenvalue weighted by molar-refractivity contribution is 5.85. The first kappa shape index (κ1) is 16.3. The standard InChI is InChI=1S/C19H23N3.ClH/c1-22(16-7-9-20-10-8-16)17-5-4-15-6-11-21-19(18(15)13-17)12-14-2-3-14;/h4-5,7-10,13-14,19,21H,2-3,6,11-12H2,1H3;1H. The van der Waals surface area contributed by atoms with Crippen LogP contribution < -0.4 is 10.2 Å². The molecule has 1 N–H and O–H groups in total. The predicted octanol–water partition coefficient (Wildman–Crippen LogP) is 4.26. The van der Waals surface area contributed by atoms with E-state index in [1.165, 1.54) is 41.8 Å². The monoisotopic (exact) mass is 329 g/mol. The van der Waals surface area contributed by atoms with Crippen molar-refractivity contribution < 1.29 is 0 Å². The molecule has 1 aliphatic heterocycles. The van der Waals surface area contributed by atoms with E-state index < -0.39 is 0 Å². The van der Waals surface area contributed by atoms with Crippen LogP contribution in [-0.4, -0.2) is 18.6 Å². The Balaban J connectivity index is 0.00000156. The maximum Gasteiger partial charge on any atom is 0.0438 e. The van der Waals surface area contributed by atoms with Crippen molar-refractivity contribution in [3.05, 3.63) is 53.9 Å². The highest BCUT2D eigenvalue weighted by atomic mass is 35.5. The van der Waals surface area contributed by atoms with E-state index in [0.717, 1.165) is 18.9 Å². The Morgan fingerprint density at radius 1 is 1.13 bits per heavy atom. The van der Waals surface area contributed by atoms with Gasteiger partial charge in [0.15, 0.2) is 0 Å². The summed E-state index contributed by atoms with van der Waals surface area (Å²) in [6.07, 6.45) is 8.99. The Morgan fingerprint density at radius 2 is 1.91 bits per heavy atom. The highest BCUT2D eigenvalue weighted by Gasteiger charge is 2.29. The number of hydrogen-bond donors (Lipinski definition) is 1. The summed E-state index contributed by atoms with van der Waals surface area (Å²) in [6, 6.07) is 11.6. The van der Waals surface area contributed by atoms with E-state index in [1.807, 2.05) is 12.4 Å². The summed E-state index contributed by atoms with van der Waals surface area (Å²) in [5, 5.41) is 3.72. The molecule has 1 fully saturated rings. The topological polar surface area (TPSA) is 28.2 Å². The van der Waals surface area contributed by atoms with Gasteiger partial charge in [-0.1, -0.05) is 18.9 Å². The maximum absolute atomic E-state index is 4.11. The van der Waals surface area contributed by atoms with E-state index >= 15 is 0 Å². The van der Waals surface area contributed by atoms with Gasteiger partial charge in [-0.15, -0.1) is 12.4 Å². The van der Waals surface area contributed by atoms with Crippen molar-refractivity contribution in [3.8, 4) is 0 Å². The zero-order valence-corrected chi connectivity index (χ0v) is 14.4. The van der Waals surface area contributed by atoms with Gasteiger partial charge in [-0.05, 0) is 60.7 Å². The lowest BCUT2D eigenvalue weighted by atomic mass is 9.90. The molecule has 1 atom stereocenters. The molecule has 3 nitrogen and oxygen atoms in total. The molecule has 1 saturated carbocycles. The fraction of sp³-hybridized carbons (Fsp3) is 0.421. The smallest absolute Gasteiger partial charge is 0.0438 e. The minimum Gasteiger partial charge on any atom is -0.345 e. The second-order valence-corrected chi connectivity index (χ2v) is 6.58. The first-order valence-electron chi connectivity index (χ1n) is 8.31. The molecular formula is C19H24ClN3.